The van der Waals surface area contributed by atoms with E-state index in [2.05, 4.69) is 27.1 Å². The largest absolute Gasteiger partial charge is 0.314 e. The molecule has 0 fully saturated rings. The third kappa shape index (κ3) is 6.15. The molecule has 0 saturated heterocycles. The van der Waals surface area contributed by atoms with Crippen LogP contribution in [-0.4, -0.2) is 27.1 Å². The van der Waals surface area contributed by atoms with Crippen molar-refractivity contribution in [3.05, 3.63) is 0 Å². The van der Waals surface area contributed by atoms with Crippen molar-refractivity contribution in [2.45, 2.75) is 0 Å². The summed E-state index contributed by atoms with van der Waals surface area (Å²) in [6.07, 6.45) is 0. The van der Waals surface area contributed by atoms with E-state index in [0.29, 0.717) is 42.5 Å². The molecule has 6 nitrogen and oxygen atoms in total. The van der Waals surface area contributed by atoms with Gasteiger partial charge in [0.1, 0.15) is 8.51 Å². The lowest BCUT2D eigenvalue weighted by Gasteiger charge is -1.77. The Bertz CT molecular complexity index is 187. The molecule has 1 aromatic heterocycles. The highest BCUT2D eigenvalue weighted by atomic mass is 31.1. The van der Waals surface area contributed by atoms with Crippen LogP contribution in [0.15, 0.2) is 0 Å². The summed E-state index contributed by atoms with van der Waals surface area (Å²) in [5, 5.41) is 0. The Morgan fingerprint density at radius 3 is 2.33 bits per heavy atom. The zero-order valence-electron chi connectivity index (χ0n) is 5.89. The lowest BCUT2D eigenvalue weighted by atomic mass is 13.9. The average molecular weight is 280 g/mol. The van der Waals surface area contributed by atoms with Crippen LogP contribution in [0, 0.1) is 0 Å². The summed E-state index contributed by atoms with van der Waals surface area (Å²) >= 11 is 0. The predicted octanol–water partition coefficient (Wildman–Crippen LogP) is 2.96. The maximum Gasteiger partial charge on any atom is 0.138 e. The summed E-state index contributed by atoms with van der Waals surface area (Å²) in [5.41, 5.74) is 0. The molecule has 12 heavy (non-hydrogen) atoms. The van der Waals surface area contributed by atoms with Gasteiger partial charge in [-0.25, -0.2) is 0 Å². The van der Waals surface area contributed by atoms with Crippen molar-refractivity contribution < 1.29 is 0 Å². The first-order valence-electron chi connectivity index (χ1n) is 2.90. The quantitative estimate of drug-likeness (QED) is 0.496. The molecule has 70 valence electrons. The lowest BCUT2D eigenvalue weighted by Crippen LogP contribution is -1.47. The monoisotopic (exact) mass is 280 g/mol. The highest BCUT2D eigenvalue weighted by Gasteiger charge is 1.53. The van der Waals surface area contributed by atoms with Crippen molar-refractivity contribution in [3.8, 4) is 0 Å². The molecule has 0 saturated carbocycles. The number of hydrogen-bond acceptors (Lipinski definition) is 1. The number of aromatic amines is 5. The summed E-state index contributed by atoms with van der Waals surface area (Å²) < 4.78 is 20.2. The number of aromatic nitrogens is 6. The van der Waals surface area contributed by atoms with Gasteiger partial charge >= 0.3 is 0 Å². The van der Waals surface area contributed by atoms with E-state index in [9.17, 15) is 0 Å². The van der Waals surface area contributed by atoms with Crippen molar-refractivity contribution in [1.82, 2.24) is 27.1 Å². The van der Waals surface area contributed by atoms with Gasteiger partial charge in [-0.1, -0.05) is 0 Å². The van der Waals surface area contributed by atoms with E-state index < -0.39 is 0 Å². The van der Waals surface area contributed by atoms with E-state index in [0.717, 1.165) is 8.51 Å². The van der Waals surface area contributed by atoms with Gasteiger partial charge in [0.25, 0.3) is 0 Å². The van der Waals surface area contributed by atoms with Gasteiger partial charge in [0.05, 0.1) is 0 Å². The molecule has 1 aromatic rings. The fourth-order valence-corrected chi connectivity index (χ4v) is 6.18. The second-order valence-corrected chi connectivity index (χ2v) is 8.54. The molecule has 5 atom stereocenters. The predicted molar refractivity (Wildman–Crippen MR) is 66.5 cm³/mol. The van der Waals surface area contributed by atoms with E-state index >= 15 is 0 Å². The molecule has 5 N–H and O–H groups in total. The minimum atomic E-state index is 0.483. The van der Waals surface area contributed by atoms with Gasteiger partial charge in [-0.2, -0.15) is 4.51 Å². The molecule has 1 heterocycles. The molecule has 0 radical (unpaired) electrons. The van der Waals surface area contributed by atoms with Gasteiger partial charge < -0.3 is 22.5 Å². The first-order valence-corrected chi connectivity index (χ1v) is 8.69. The minimum Gasteiger partial charge on any atom is -0.314 e. The van der Waals surface area contributed by atoms with Gasteiger partial charge in [-0.15, -0.1) is 0 Å². The van der Waals surface area contributed by atoms with Crippen LogP contribution < -0.4 is 0 Å². The summed E-state index contributed by atoms with van der Waals surface area (Å²) in [6.45, 7) is 0. The van der Waals surface area contributed by atoms with E-state index in [1.165, 1.54) is 0 Å². The highest BCUT2D eigenvalue weighted by molar-refractivity contribution is 7.44. The number of hydrogen-bond donors (Lipinski definition) is 5. The molecular formula is H10N6P6. The summed E-state index contributed by atoms with van der Waals surface area (Å²) in [6, 6.07) is 0. The zero-order chi connectivity index (χ0) is 8.49. The zero-order valence-corrected chi connectivity index (χ0v) is 11.8. The van der Waals surface area contributed by atoms with Crippen LogP contribution in [0.5, 0.6) is 0 Å². The maximum atomic E-state index is 4.20. The van der Waals surface area contributed by atoms with Crippen LogP contribution in [0.4, 0.5) is 0 Å². The van der Waals surface area contributed by atoms with Crippen LogP contribution in [0.25, 0.3) is 0 Å². The molecule has 0 aliphatic heterocycles. The SMILES string of the molecule is n1p[nH][pH][nH][pH][nH][pH][nH][pH][nH][pH]1. The normalized spacial score (nSPS) is 12.0. The van der Waals surface area contributed by atoms with Crippen LogP contribution in [0.3, 0.4) is 0 Å². The van der Waals surface area contributed by atoms with Crippen molar-refractivity contribution in [2.75, 3.05) is 0 Å². The van der Waals surface area contributed by atoms with Crippen LogP contribution >= 0.6 is 51.1 Å². The highest BCUT2D eigenvalue weighted by Crippen LogP contribution is 2.01. The minimum absolute atomic E-state index is 0.483. The molecule has 0 amide bonds. The summed E-state index contributed by atoms with van der Waals surface area (Å²) in [5.74, 6) is 0. The van der Waals surface area contributed by atoms with E-state index in [4.69, 9.17) is 0 Å². The third-order valence-electron chi connectivity index (χ3n) is 0.699. The second kappa shape index (κ2) is 8.21. The van der Waals surface area contributed by atoms with Crippen LogP contribution in [0.1, 0.15) is 0 Å². The number of rotatable bonds is 0. The van der Waals surface area contributed by atoms with E-state index in [-0.39, 0.29) is 0 Å². The molecule has 0 aliphatic rings. The fourth-order valence-electron chi connectivity index (χ4n) is 0.343. The van der Waals surface area contributed by atoms with Gasteiger partial charge in [0.15, 0.2) is 0 Å². The van der Waals surface area contributed by atoms with Gasteiger partial charge in [0, 0.05) is 42.5 Å². The van der Waals surface area contributed by atoms with E-state index in [1.54, 1.807) is 0 Å². The van der Waals surface area contributed by atoms with Gasteiger partial charge in [0.2, 0.25) is 0 Å². The molecular weight excluding hydrogens is 270 g/mol. The molecule has 5 unspecified atom stereocenters. The molecule has 0 spiro atoms. The van der Waals surface area contributed by atoms with Gasteiger partial charge in [-0.05, 0) is 0 Å². The van der Waals surface area contributed by atoms with Crippen molar-refractivity contribution in [2.24, 2.45) is 0 Å². The van der Waals surface area contributed by atoms with E-state index in [1.807, 2.05) is 0 Å². The standard InChI is InChI=1S/H10N6P6/c1-7-2-9-4-11-6-12-5-10-3-8-1/h1-4,7-11H,(H,5,6). The Labute approximate surface area is 78.5 Å². The Morgan fingerprint density at radius 1 is 0.833 bits per heavy atom. The third-order valence-corrected chi connectivity index (χ3v) is 6.29. The van der Waals surface area contributed by atoms with Crippen LogP contribution in [0.2, 0.25) is 0 Å². The van der Waals surface area contributed by atoms with Crippen molar-refractivity contribution in [1.29, 1.82) is 0 Å². The second-order valence-electron chi connectivity index (χ2n) is 1.42. The maximum absolute atomic E-state index is 4.20. The Balaban J connectivity index is 3.00. The summed E-state index contributed by atoms with van der Waals surface area (Å²) in [7, 11) is 3.83. The van der Waals surface area contributed by atoms with Gasteiger partial charge in [-0.3, -0.25) is 0 Å². The average Bonchev–Trinajstić information content (AvgIpc) is 2.05. The molecule has 12 heteroatoms. The topological polar surface area (TPSA) is 91.8 Å². The smallest absolute Gasteiger partial charge is 0.138 e. The lowest BCUT2D eigenvalue weighted by molar-refractivity contribution is 1.69. The first-order chi connectivity index (χ1) is 6.00. The Morgan fingerprint density at radius 2 is 1.50 bits per heavy atom. The van der Waals surface area contributed by atoms with Crippen molar-refractivity contribution >= 4 is 51.1 Å². The Kier molecular flexibility index (Phi) is 7.31. The molecule has 1 rings (SSSR count). The Hall–Kier alpha value is 0.600. The first kappa shape index (κ1) is 10.7. The number of nitrogens with one attached hydrogen (secondary N) is 5. The number of nitrogens with zero attached hydrogens (tertiary/aromatic N) is 1. The molecule has 0 bridgehead atoms. The van der Waals surface area contributed by atoms with Crippen LogP contribution in [-0.2, 0) is 0 Å². The molecule has 0 aromatic carbocycles. The summed E-state index contributed by atoms with van der Waals surface area (Å²) in [4.78, 5) is 0. The molecule has 0 aliphatic carbocycles. The number of H-pyrrole nitrogens is 5. The van der Waals surface area contributed by atoms with Crippen molar-refractivity contribution in [3.63, 3.8) is 0 Å². The fraction of sp³-hybridized carbons (Fsp3) is 0.